The third-order valence-corrected chi connectivity index (χ3v) is 2.17. The Labute approximate surface area is 77.6 Å². The summed E-state index contributed by atoms with van der Waals surface area (Å²) in [7, 11) is 0. The van der Waals surface area contributed by atoms with Gasteiger partial charge in [-0.15, -0.1) is 11.3 Å². The van der Waals surface area contributed by atoms with Gasteiger partial charge in [-0.2, -0.15) is 0 Å². The highest BCUT2D eigenvalue weighted by Gasteiger charge is 2.24. The molecule has 1 aromatic rings. The first-order valence-electron chi connectivity index (χ1n) is 4.09. The van der Waals surface area contributed by atoms with Crippen molar-refractivity contribution in [3.05, 3.63) is 16.6 Å². The number of rotatable bonds is 3. The molecule has 68 valence electrons. The number of ether oxygens (including phenoxy) is 1. The van der Waals surface area contributed by atoms with Crippen molar-refractivity contribution >= 4 is 11.3 Å². The molecular formula is C9H15NOS. The summed E-state index contributed by atoms with van der Waals surface area (Å²) in [5, 5.41) is 2.03. The van der Waals surface area contributed by atoms with Crippen LogP contribution in [0.25, 0.3) is 0 Å². The lowest BCUT2D eigenvalue weighted by molar-refractivity contribution is -0.0623. The van der Waals surface area contributed by atoms with Gasteiger partial charge in [-0.1, -0.05) is 0 Å². The maximum atomic E-state index is 5.73. The highest BCUT2D eigenvalue weighted by Crippen LogP contribution is 2.25. The van der Waals surface area contributed by atoms with Crippen LogP contribution in [0.4, 0.5) is 0 Å². The molecule has 0 bridgehead atoms. The topological polar surface area (TPSA) is 22.1 Å². The molecule has 0 fully saturated rings. The van der Waals surface area contributed by atoms with Gasteiger partial charge < -0.3 is 4.74 Å². The molecular weight excluding hydrogens is 170 g/mol. The average molecular weight is 185 g/mol. The van der Waals surface area contributed by atoms with Crippen molar-refractivity contribution in [1.82, 2.24) is 4.98 Å². The van der Waals surface area contributed by atoms with Crippen LogP contribution in [0.15, 0.2) is 10.9 Å². The van der Waals surface area contributed by atoms with Gasteiger partial charge in [0.15, 0.2) is 0 Å². The van der Waals surface area contributed by atoms with E-state index in [2.05, 4.69) is 4.98 Å². The summed E-state index contributed by atoms with van der Waals surface area (Å²) in [4.78, 5) is 4.23. The standard InChI is InChI=1S/C9H15NOS/c1-7(2)11-9(3,4)8-5-12-6-10-8/h5-7H,1-4H3. The Morgan fingerprint density at radius 3 is 2.58 bits per heavy atom. The molecule has 0 aliphatic heterocycles. The molecule has 0 spiro atoms. The summed E-state index contributed by atoms with van der Waals surface area (Å²) in [5.74, 6) is 0. The number of aromatic nitrogens is 1. The van der Waals surface area contributed by atoms with Gasteiger partial charge in [0.1, 0.15) is 5.60 Å². The molecule has 0 aliphatic rings. The quantitative estimate of drug-likeness (QED) is 0.722. The van der Waals surface area contributed by atoms with Crippen molar-refractivity contribution in [2.75, 3.05) is 0 Å². The Morgan fingerprint density at radius 1 is 1.50 bits per heavy atom. The minimum Gasteiger partial charge on any atom is -0.367 e. The Kier molecular flexibility index (Phi) is 2.85. The van der Waals surface area contributed by atoms with E-state index in [1.807, 2.05) is 38.6 Å². The second-order valence-corrected chi connectivity index (χ2v) is 4.27. The van der Waals surface area contributed by atoms with E-state index < -0.39 is 0 Å². The number of thiazole rings is 1. The van der Waals surface area contributed by atoms with Crippen LogP contribution in [0.1, 0.15) is 33.4 Å². The molecule has 0 radical (unpaired) electrons. The van der Waals surface area contributed by atoms with Crippen LogP contribution in [-0.4, -0.2) is 11.1 Å². The van der Waals surface area contributed by atoms with Gasteiger partial charge in [0.2, 0.25) is 0 Å². The minimum atomic E-state index is -0.256. The van der Waals surface area contributed by atoms with Gasteiger partial charge >= 0.3 is 0 Å². The van der Waals surface area contributed by atoms with Crippen molar-refractivity contribution in [1.29, 1.82) is 0 Å². The van der Waals surface area contributed by atoms with Crippen LogP contribution in [0, 0.1) is 0 Å². The molecule has 2 nitrogen and oxygen atoms in total. The lowest BCUT2D eigenvalue weighted by Gasteiger charge is -2.25. The smallest absolute Gasteiger partial charge is 0.106 e. The summed E-state index contributed by atoms with van der Waals surface area (Å²) in [6, 6.07) is 0. The van der Waals surface area contributed by atoms with Gasteiger partial charge in [-0.05, 0) is 27.7 Å². The van der Waals surface area contributed by atoms with E-state index in [-0.39, 0.29) is 11.7 Å². The first-order valence-corrected chi connectivity index (χ1v) is 5.03. The summed E-state index contributed by atoms with van der Waals surface area (Å²) in [6.07, 6.45) is 0.238. The number of hydrogen-bond acceptors (Lipinski definition) is 3. The molecule has 0 saturated carbocycles. The van der Waals surface area contributed by atoms with E-state index in [4.69, 9.17) is 4.74 Å². The van der Waals surface area contributed by atoms with Crippen molar-refractivity contribution in [3.8, 4) is 0 Å². The molecule has 0 aromatic carbocycles. The maximum absolute atomic E-state index is 5.73. The summed E-state index contributed by atoms with van der Waals surface area (Å²) < 4.78 is 5.73. The zero-order valence-electron chi connectivity index (χ0n) is 8.00. The SMILES string of the molecule is CC(C)OC(C)(C)c1cscn1. The van der Waals surface area contributed by atoms with Crippen LogP contribution in [-0.2, 0) is 10.3 Å². The van der Waals surface area contributed by atoms with Crippen LogP contribution in [0.5, 0.6) is 0 Å². The predicted molar refractivity (Wildman–Crippen MR) is 51.4 cm³/mol. The summed E-state index contributed by atoms with van der Waals surface area (Å²) in [5.41, 5.74) is 2.59. The predicted octanol–water partition coefficient (Wildman–Crippen LogP) is 2.80. The largest absolute Gasteiger partial charge is 0.367 e. The van der Waals surface area contributed by atoms with Crippen LogP contribution >= 0.6 is 11.3 Å². The Balaban J connectivity index is 2.72. The molecule has 0 aliphatic carbocycles. The van der Waals surface area contributed by atoms with Crippen molar-refractivity contribution in [2.45, 2.75) is 39.4 Å². The zero-order valence-corrected chi connectivity index (χ0v) is 8.81. The zero-order chi connectivity index (χ0) is 9.19. The second kappa shape index (κ2) is 3.54. The number of nitrogens with zero attached hydrogens (tertiary/aromatic N) is 1. The molecule has 1 rings (SSSR count). The van der Waals surface area contributed by atoms with Crippen LogP contribution < -0.4 is 0 Å². The lowest BCUT2D eigenvalue weighted by atomic mass is 10.1. The molecule has 0 unspecified atom stereocenters. The van der Waals surface area contributed by atoms with E-state index in [1.165, 1.54) is 0 Å². The molecule has 0 saturated heterocycles. The summed E-state index contributed by atoms with van der Waals surface area (Å²) >= 11 is 1.60. The van der Waals surface area contributed by atoms with E-state index >= 15 is 0 Å². The average Bonchev–Trinajstić information content (AvgIpc) is 2.32. The van der Waals surface area contributed by atoms with Crippen LogP contribution in [0.2, 0.25) is 0 Å². The summed E-state index contributed by atoms with van der Waals surface area (Å²) in [6.45, 7) is 8.16. The fourth-order valence-corrected chi connectivity index (χ4v) is 1.87. The minimum absolute atomic E-state index is 0.238. The monoisotopic (exact) mass is 185 g/mol. The van der Waals surface area contributed by atoms with Gasteiger partial charge in [0, 0.05) is 5.38 Å². The van der Waals surface area contributed by atoms with Gasteiger partial charge in [0.05, 0.1) is 17.3 Å². The van der Waals surface area contributed by atoms with Gasteiger partial charge in [0.25, 0.3) is 0 Å². The van der Waals surface area contributed by atoms with E-state index in [1.54, 1.807) is 11.3 Å². The fourth-order valence-electron chi connectivity index (χ4n) is 1.16. The normalized spacial score (nSPS) is 12.4. The molecule has 0 N–H and O–H groups in total. The highest BCUT2D eigenvalue weighted by atomic mass is 32.1. The molecule has 12 heavy (non-hydrogen) atoms. The van der Waals surface area contributed by atoms with Crippen molar-refractivity contribution in [2.24, 2.45) is 0 Å². The van der Waals surface area contributed by atoms with E-state index in [0.717, 1.165) is 5.69 Å². The molecule has 3 heteroatoms. The van der Waals surface area contributed by atoms with Gasteiger partial charge in [-0.25, -0.2) is 4.98 Å². The van der Waals surface area contributed by atoms with Crippen molar-refractivity contribution < 1.29 is 4.74 Å². The molecule has 1 aromatic heterocycles. The molecule has 0 atom stereocenters. The first-order chi connectivity index (χ1) is 5.52. The Hall–Kier alpha value is -0.410. The lowest BCUT2D eigenvalue weighted by Crippen LogP contribution is -2.25. The third-order valence-electron chi connectivity index (χ3n) is 1.58. The number of hydrogen-bond donors (Lipinski definition) is 0. The molecule has 0 amide bonds. The first kappa shape index (κ1) is 9.68. The third kappa shape index (κ3) is 2.29. The van der Waals surface area contributed by atoms with Gasteiger partial charge in [-0.3, -0.25) is 0 Å². The van der Waals surface area contributed by atoms with Crippen LogP contribution in [0.3, 0.4) is 0 Å². The second-order valence-electron chi connectivity index (χ2n) is 3.55. The fraction of sp³-hybridized carbons (Fsp3) is 0.667. The Morgan fingerprint density at radius 2 is 2.17 bits per heavy atom. The highest BCUT2D eigenvalue weighted by molar-refractivity contribution is 7.07. The maximum Gasteiger partial charge on any atom is 0.106 e. The van der Waals surface area contributed by atoms with Crippen molar-refractivity contribution in [3.63, 3.8) is 0 Å². The van der Waals surface area contributed by atoms with E-state index in [0.29, 0.717) is 0 Å². The van der Waals surface area contributed by atoms with E-state index in [9.17, 15) is 0 Å². The molecule has 1 heterocycles. The Bertz CT molecular complexity index is 229.